The van der Waals surface area contributed by atoms with Crippen LogP contribution in [-0.2, 0) is 25.5 Å². The zero-order valence-corrected chi connectivity index (χ0v) is 26.1. The number of oxazole rings is 1. The van der Waals surface area contributed by atoms with Gasteiger partial charge in [-0.25, -0.2) is 9.78 Å². The molecule has 46 heavy (non-hydrogen) atoms. The van der Waals surface area contributed by atoms with Crippen molar-refractivity contribution in [1.82, 2.24) is 20.9 Å². The number of unbranched alkanes of at least 4 members (excludes halogenated alkanes) is 7. The van der Waals surface area contributed by atoms with E-state index in [9.17, 15) is 24.3 Å². The first-order valence-electron chi connectivity index (χ1n) is 15.7. The fraction of sp³-hybridized carbons (Fsp3) is 0.400. The zero-order chi connectivity index (χ0) is 33.0. The number of hydrogen-bond donors (Lipinski definition) is 4. The van der Waals surface area contributed by atoms with Crippen molar-refractivity contribution in [3.05, 3.63) is 90.8 Å². The number of esters is 1. The molecule has 11 heteroatoms. The molecule has 0 radical (unpaired) electrons. The number of aliphatic hydroxyl groups is 1. The lowest BCUT2D eigenvalue weighted by molar-refractivity contribution is -0.149. The molecule has 3 aromatic rings. The maximum Gasteiger partial charge on any atom is 0.331 e. The van der Waals surface area contributed by atoms with Gasteiger partial charge in [0.05, 0.1) is 19.8 Å². The highest BCUT2D eigenvalue weighted by atomic mass is 16.5. The Kier molecular flexibility index (Phi) is 15.8. The Labute approximate surface area is 269 Å². The molecule has 0 bridgehead atoms. The van der Waals surface area contributed by atoms with E-state index in [-0.39, 0.29) is 24.6 Å². The number of allylic oxidation sites excluding steroid dienone is 1. The van der Waals surface area contributed by atoms with Crippen LogP contribution >= 0.6 is 0 Å². The van der Waals surface area contributed by atoms with E-state index in [1.54, 1.807) is 12.1 Å². The van der Waals surface area contributed by atoms with E-state index >= 15 is 0 Å². The van der Waals surface area contributed by atoms with Crippen molar-refractivity contribution in [1.29, 1.82) is 0 Å². The monoisotopic (exact) mass is 632 g/mol. The molecule has 4 N–H and O–H groups in total. The number of aliphatic hydroxyl groups excluding tert-OH is 1. The van der Waals surface area contributed by atoms with Gasteiger partial charge in [-0.3, -0.25) is 14.4 Å². The summed E-state index contributed by atoms with van der Waals surface area (Å²) in [5.74, 6) is -2.44. The first-order valence-corrected chi connectivity index (χ1v) is 15.7. The van der Waals surface area contributed by atoms with Gasteiger partial charge in [0.25, 0.3) is 5.91 Å². The van der Waals surface area contributed by atoms with Crippen LogP contribution in [0, 0.1) is 0 Å². The van der Waals surface area contributed by atoms with Crippen LogP contribution in [0.3, 0.4) is 0 Å². The molecule has 3 rings (SSSR count). The largest absolute Gasteiger partial charge is 0.464 e. The van der Waals surface area contributed by atoms with E-state index in [1.165, 1.54) is 19.1 Å². The lowest BCUT2D eigenvalue weighted by atomic mass is 10.0. The molecule has 0 saturated carbocycles. The lowest BCUT2D eigenvalue weighted by Gasteiger charge is -2.19. The van der Waals surface area contributed by atoms with Gasteiger partial charge in [0, 0.05) is 12.0 Å². The Hall–Kier alpha value is -4.77. The number of aromatic nitrogens is 1. The van der Waals surface area contributed by atoms with Gasteiger partial charge in [-0.1, -0.05) is 86.7 Å². The van der Waals surface area contributed by atoms with Gasteiger partial charge in [0.15, 0.2) is 11.7 Å². The topological polar surface area (TPSA) is 160 Å². The minimum atomic E-state index is -1.26. The van der Waals surface area contributed by atoms with Crippen LogP contribution in [0.25, 0.3) is 11.5 Å². The number of ether oxygens (including phenoxy) is 1. The quantitative estimate of drug-likeness (QED) is 0.0775. The van der Waals surface area contributed by atoms with E-state index in [0.29, 0.717) is 12.0 Å². The van der Waals surface area contributed by atoms with Gasteiger partial charge in [0.2, 0.25) is 17.7 Å². The molecule has 0 saturated heterocycles. The van der Waals surface area contributed by atoms with Crippen molar-refractivity contribution >= 4 is 23.7 Å². The van der Waals surface area contributed by atoms with Crippen molar-refractivity contribution in [2.45, 2.75) is 69.9 Å². The molecule has 1 heterocycles. The molecular formula is C35H44N4O7. The number of benzene rings is 2. The van der Waals surface area contributed by atoms with Crippen molar-refractivity contribution in [2.24, 2.45) is 0 Å². The summed E-state index contributed by atoms with van der Waals surface area (Å²) < 4.78 is 10.7. The molecule has 0 aliphatic heterocycles. The summed E-state index contributed by atoms with van der Waals surface area (Å²) in [4.78, 5) is 55.4. The van der Waals surface area contributed by atoms with Gasteiger partial charge in [0.1, 0.15) is 12.3 Å². The van der Waals surface area contributed by atoms with E-state index in [2.05, 4.69) is 27.5 Å². The van der Waals surface area contributed by atoms with Crippen LogP contribution in [0.4, 0.5) is 0 Å². The summed E-state index contributed by atoms with van der Waals surface area (Å²) in [7, 11) is 0. The minimum absolute atomic E-state index is 0.00832. The first-order chi connectivity index (χ1) is 22.4. The van der Waals surface area contributed by atoms with Gasteiger partial charge < -0.3 is 30.2 Å². The molecule has 0 unspecified atom stereocenters. The third kappa shape index (κ3) is 12.7. The lowest BCUT2D eigenvalue weighted by Crippen LogP contribution is -2.52. The Bertz CT molecular complexity index is 1380. The third-order valence-corrected chi connectivity index (χ3v) is 7.18. The number of nitrogens with zero attached hydrogens (tertiary/aromatic N) is 1. The van der Waals surface area contributed by atoms with Crippen LogP contribution in [-0.4, -0.2) is 65.6 Å². The fourth-order valence-electron chi connectivity index (χ4n) is 4.65. The van der Waals surface area contributed by atoms with Gasteiger partial charge >= 0.3 is 5.97 Å². The Morgan fingerprint density at radius 2 is 1.52 bits per heavy atom. The predicted molar refractivity (Wildman–Crippen MR) is 173 cm³/mol. The highest BCUT2D eigenvalue weighted by molar-refractivity contribution is 5.97. The first kappa shape index (κ1) is 35.7. The van der Waals surface area contributed by atoms with Crippen LogP contribution in [0.1, 0.15) is 67.4 Å². The number of rotatable bonds is 21. The Morgan fingerprint density at radius 3 is 2.20 bits per heavy atom. The summed E-state index contributed by atoms with van der Waals surface area (Å²) in [6.07, 6.45) is 11.6. The number of carbonyl (C=O) groups excluding carboxylic acids is 4. The molecule has 3 amide bonds. The summed E-state index contributed by atoms with van der Waals surface area (Å²) in [6.45, 7) is 2.77. The fourth-order valence-corrected chi connectivity index (χ4v) is 4.65. The molecule has 246 valence electrons. The summed E-state index contributed by atoms with van der Waals surface area (Å²) in [6, 6.07) is 15.8. The average molecular weight is 633 g/mol. The second kappa shape index (κ2) is 20.3. The van der Waals surface area contributed by atoms with Gasteiger partial charge in [-0.2, -0.15) is 0 Å². The highest BCUT2D eigenvalue weighted by Crippen LogP contribution is 2.18. The van der Waals surface area contributed by atoms with E-state index in [1.807, 2.05) is 54.6 Å². The number of carbonyl (C=O) groups is 4. The molecule has 0 spiro atoms. The van der Waals surface area contributed by atoms with Crippen molar-refractivity contribution < 1.29 is 33.4 Å². The molecular weight excluding hydrogens is 588 g/mol. The standard InChI is InChI=1S/C35H44N4O7/c1-2-3-4-5-6-7-8-9-16-21-45-35(44)29(24-40)37-31(41)23-36-32(42)28(22-26-17-12-10-13-18-26)38-33(43)30-25-46-34(39-30)27-19-14-11-15-20-27/h2,10-15,17-20,25,28-29,40H,1,3-9,16,21-24H2,(H,36,42)(H,37,41)(H,38,43)/t28-,29-/m0/s1. The summed E-state index contributed by atoms with van der Waals surface area (Å²) in [5.41, 5.74) is 1.47. The van der Waals surface area contributed by atoms with Crippen LogP contribution in [0.5, 0.6) is 0 Å². The Balaban J connectivity index is 1.46. The second-order valence-corrected chi connectivity index (χ2v) is 10.9. The maximum atomic E-state index is 13.2. The van der Waals surface area contributed by atoms with Crippen molar-refractivity contribution in [3.8, 4) is 11.5 Å². The number of amides is 3. The highest BCUT2D eigenvalue weighted by Gasteiger charge is 2.26. The van der Waals surface area contributed by atoms with Crippen LogP contribution in [0.15, 0.2) is 84.0 Å². The SMILES string of the molecule is C=CCCCCCCCCCOC(=O)[C@H](CO)NC(=O)CNC(=O)[C@H](Cc1ccccc1)NC(=O)c1coc(-c2ccccc2)n1. The van der Waals surface area contributed by atoms with Gasteiger partial charge in [-0.05, 0) is 37.0 Å². The molecule has 2 atom stereocenters. The normalized spacial score (nSPS) is 12.0. The smallest absolute Gasteiger partial charge is 0.331 e. The van der Waals surface area contributed by atoms with E-state index in [0.717, 1.165) is 37.7 Å². The predicted octanol–water partition coefficient (Wildman–Crippen LogP) is 4.13. The molecule has 11 nitrogen and oxygen atoms in total. The molecule has 1 aromatic heterocycles. The van der Waals surface area contributed by atoms with Crippen molar-refractivity contribution in [3.63, 3.8) is 0 Å². The summed E-state index contributed by atoms with van der Waals surface area (Å²) >= 11 is 0. The maximum absolute atomic E-state index is 13.2. The Morgan fingerprint density at radius 1 is 0.870 bits per heavy atom. The molecule has 0 aliphatic carbocycles. The van der Waals surface area contributed by atoms with Crippen LogP contribution < -0.4 is 16.0 Å². The second-order valence-electron chi connectivity index (χ2n) is 10.9. The summed E-state index contributed by atoms with van der Waals surface area (Å²) in [5, 5.41) is 17.2. The van der Waals surface area contributed by atoms with E-state index < -0.39 is 48.9 Å². The number of hydrogen-bond acceptors (Lipinski definition) is 8. The molecule has 0 fully saturated rings. The minimum Gasteiger partial charge on any atom is -0.464 e. The average Bonchev–Trinajstić information content (AvgIpc) is 3.58. The van der Waals surface area contributed by atoms with Crippen LogP contribution in [0.2, 0.25) is 0 Å². The molecule has 0 aliphatic rings. The number of nitrogens with one attached hydrogen (secondary N) is 3. The zero-order valence-electron chi connectivity index (χ0n) is 26.1. The van der Waals surface area contributed by atoms with E-state index in [4.69, 9.17) is 9.15 Å². The van der Waals surface area contributed by atoms with Gasteiger partial charge in [-0.15, -0.1) is 6.58 Å². The van der Waals surface area contributed by atoms with Crippen molar-refractivity contribution in [2.75, 3.05) is 19.8 Å². The third-order valence-electron chi connectivity index (χ3n) is 7.18. The molecule has 2 aromatic carbocycles.